The molecule has 3 rings (SSSR count). The van der Waals surface area contributed by atoms with Crippen molar-refractivity contribution in [3.05, 3.63) is 30.1 Å². The molecule has 2 aromatic rings. The molecule has 0 amide bonds. The van der Waals surface area contributed by atoms with Crippen LogP contribution in [0.3, 0.4) is 0 Å². The number of hydrogen-bond acceptors (Lipinski definition) is 7. The van der Waals surface area contributed by atoms with Crippen molar-refractivity contribution in [2.45, 2.75) is 23.1 Å². The molecule has 0 aliphatic carbocycles. The molecule has 28 heavy (non-hydrogen) atoms. The number of halogens is 3. The molecule has 152 valence electrons. The maximum absolute atomic E-state index is 6.00. The smallest absolute Gasteiger partial charge is 0.250 e. The van der Waals surface area contributed by atoms with Crippen LogP contribution in [0.4, 0.5) is 17.6 Å². The van der Waals surface area contributed by atoms with Crippen LogP contribution in [-0.2, 0) is 3.79 Å². The highest BCUT2D eigenvalue weighted by molar-refractivity contribution is 6.66. The molecule has 0 saturated carbocycles. The normalized spacial score (nSPS) is 14.9. The van der Waals surface area contributed by atoms with Gasteiger partial charge in [-0.1, -0.05) is 46.9 Å². The SMILES string of the molecule is COc1ccccc1Nc1nc(NCCCN2CCCC2)nc(C(Cl)(Cl)Cl)n1. The summed E-state index contributed by atoms with van der Waals surface area (Å²) < 4.78 is 3.58. The number of hydrogen-bond donors (Lipinski definition) is 2. The third-order valence-corrected chi connectivity index (χ3v) is 4.88. The number of likely N-dealkylation sites (tertiary alicyclic amines) is 1. The van der Waals surface area contributed by atoms with Crippen molar-refractivity contribution in [3.8, 4) is 5.75 Å². The molecule has 0 radical (unpaired) electrons. The van der Waals surface area contributed by atoms with E-state index in [0.717, 1.165) is 13.0 Å². The van der Waals surface area contributed by atoms with Gasteiger partial charge in [0.2, 0.25) is 15.7 Å². The number of methoxy groups -OCH3 is 1. The Balaban J connectivity index is 1.71. The highest BCUT2D eigenvalue weighted by atomic mass is 35.6. The monoisotopic (exact) mass is 444 g/mol. The number of aromatic nitrogens is 3. The largest absolute Gasteiger partial charge is 0.495 e. The second-order valence-electron chi connectivity index (χ2n) is 6.46. The number of alkyl halides is 3. The van der Waals surface area contributed by atoms with Crippen LogP contribution in [-0.4, -0.2) is 53.1 Å². The minimum Gasteiger partial charge on any atom is -0.495 e. The summed E-state index contributed by atoms with van der Waals surface area (Å²) in [4.78, 5) is 15.3. The lowest BCUT2D eigenvalue weighted by Crippen LogP contribution is -2.23. The van der Waals surface area contributed by atoms with Crippen LogP contribution in [0.1, 0.15) is 25.1 Å². The van der Waals surface area contributed by atoms with E-state index in [2.05, 4.69) is 30.5 Å². The molecule has 0 spiro atoms. The van der Waals surface area contributed by atoms with Crippen molar-refractivity contribution < 1.29 is 4.74 Å². The van der Waals surface area contributed by atoms with Gasteiger partial charge in [0, 0.05) is 6.54 Å². The lowest BCUT2D eigenvalue weighted by Gasteiger charge is -2.16. The summed E-state index contributed by atoms with van der Waals surface area (Å²) in [6, 6.07) is 7.43. The van der Waals surface area contributed by atoms with Crippen molar-refractivity contribution >= 4 is 52.4 Å². The standard InChI is InChI=1S/C18H23Cl3N6O/c1-28-14-8-3-2-7-13(14)23-17-25-15(18(19,20)21)24-16(26-17)22-9-6-12-27-10-4-5-11-27/h2-3,7-8H,4-6,9-12H2,1H3,(H2,22,23,24,25,26). The Morgan fingerprint density at radius 1 is 1.07 bits per heavy atom. The zero-order valence-electron chi connectivity index (χ0n) is 15.6. The molecule has 2 N–H and O–H groups in total. The van der Waals surface area contributed by atoms with Crippen molar-refractivity contribution in [3.63, 3.8) is 0 Å². The Labute approximate surface area is 179 Å². The summed E-state index contributed by atoms with van der Waals surface area (Å²) in [6.07, 6.45) is 3.54. The molecule has 1 fully saturated rings. The molecule has 0 unspecified atom stereocenters. The first-order valence-corrected chi connectivity index (χ1v) is 10.3. The summed E-state index contributed by atoms with van der Waals surface area (Å²) in [5.74, 6) is 1.32. The van der Waals surface area contributed by atoms with Crippen LogP contribution < -0.4 is 15.4 Å². The van der Waals surface area contributed by atoms with E-state index in [1.54, 1.807) is 7.11 Å². The number of benzene rings is 1. The van der Waals surface area contributed by atoms with E-state index in [9.17, 15) is 0 Å². The summed E-state index contributed by atoms with van der Waals surface area (Å²) in [5.41, 5.74) is 0.700. The number of anilines is 3. The van der Waals surface area contributed by atoms with Crippen molar-refractivity contribution in [2.24, 2.45) is 0 Å². The van der Waals surface area contributed by atoms with Gasteiger partial charge in [0.25, 0.3) is 0 Å². The first-order chi connectivity index (χ1) is 13.5. The van der Waals surface area contributed by atoms with Gasteiger partial charge in [-0.3, -0.25) is 0 Å². The predicted molar refractivity (Wildman–Crippen MR) is 114 cm³/mol. The molecule has 1 aliphatic rings. The molecule has 0 bridgehead atoms. The third kappa shape index (κ3) is 5.98. The van der Waals surface area contributed by atoms with Gasteiger partial charge in [-0.15, -0.1) is 0 Å². The average molecular weight is 446 g/mol. The molecule has 0 atom stereocenters. The number of rotatable bonds is 8. The minimum atomic E-state index is -1.76. The number of ether oxygens (including phenoxy) is 1. The highest BCUT2D eigenvalue weighted by Crippen LogP contribution is 2.37. The first-order valence-electron chi connectivity index (χ1n) is 9.15. The lowest BCUT2D eigenvalue weighted by molar-refractivity contribution is 0.337. The summed E-state index contributed by atoms with van der Waals surface area (Å²) in [5, 5.41) is 6.30. The van der Waals surface area contributed by atoms with Gasteiger partial charge in [-0.2, -0.15) is 15.0 Å². The minimum absolute atomic E-state index is 0.0481. The summed E-state index contributed by atoms with van der Waals surface area (Å²) in [6.45, 7) is 4.11. The highest BCUT2D eigenvalue weighted by Gasteiger charge is 2.28. The van der Waals surface area contributed by atoms with Gasteiger partial charge in [0.1, 0.15) is 5.75 Å². The summed E-state index contributed by atoms with van der Waals surface area (Å²) >= 11 is 18.0. The Morgan fingerprint density at radius 3 is 2.50 bits per heavy atom. The predicted octanol–water partition coefficient (Wildman–Crippen LogP) is 4.35. The fraction of sp³-hybridized carbons (Fsp3) is 0.500. The summed E-state index contributed by atoms with van der Waals surface area (Å²) in [7, 11) is 1.59. The molecular formula is C18H23Cl3N6O. The number of nitrogens with one attached hydrogen (secondary N) is 2. The molecular weight excluding hydrogens is 423 g/mol. The van der Waals surface area contributed by atoms with Crippen LogP contribution in [0.25, 0.3) is 0 Å². The van der Waals surface area contributed by atoms with E-state index in [4.69, 9.17) is 39.5 Å². The second-order valence-corrected chi connectivity index (χ2v) is 8.74. The van der Waals surface area contributed by atoms with E-state index < -0.39 is 3.79 Å². The Morgan fingerprint density at radius 2 is 1.79 bits per heavy atom. The van der Waals surface area contributed by atoms with Gasteiger partial charge in [-0.05, 0) is 51.0 Å². The maximum Gasteiger partial charge on any atom is 0.250 e. The van der Waals surface area contributed by atoms with Crippen LogP contribution >= 0.6 is 34.8 Å². The quantitative estimate of drug-likeness (QED) is 0.462. The number of para-hydroxylation sites is 2. The molecule has 1 aromatic carbocycles. The Bertz CT molecular complexity index is 780. The fourth-order valence-electron chi connectivity index (χ4n) is 3.02. The van der Waals surface area contributed by atoms with Crippen LogP contribution in [0.5, 0.6) is 5.75 Å². The molecule has 2 heterocycles. The number of nitrogens with zero attached hydrogens (tertiary/aromatic N) is 4. The van der Waals surface area contributed by atoms with Gasteiger partial charge >= 0.3 is 0 Å². The average Bonchev–Trinajstić information content (AvgIpc) is 3.18. The van der Waals surface area contributed by atoms with Gasteiger partial charge in [-0.25, -0.2) is 0 Å². The fourth-order valence-corrected chi connectivity index (χ4v) is 3.27. The van der Waals surface area contributed by atoms with Gasteiger partial charge in [0.15, 0.2) is 5.82 Å². The molecule has 1 aromatic heterocycles. The zero-order valence-corrected chi connectivity index (χ0v) is 17.9. The van der Waals surface area contributed by atoms with Crippen molar-refractivity contribution in [2.75, 3.05) is 43.9 Å². The van der Waals surface area contributed by atoms with Gasteiger partial charge < -0.3 is 20.3 Å². The van der Waals surface area contributed by atoms with Crippen molar-refractivity contribution in [1.82, 2.24) is 19.9 Å². The Kier molecular flexibility index (Phi) is 7.40. The third-order valence-electron chi connectivity index (χ3n) is 4.38. The van der Waals surface area contributed by atoms with E-state index in [0.29, 0.717) is 23.9 Å². The zero-order chi connectivity index (χ0) is 20.0. The van der Waals surface area contributed by atoms with E-state index in [1.165, 1.54) is 25.9 Å². The van der Waals surface area contributed by atoms with E-state index >= 15 is 0 Å². The van der Waals surface area contributed by atoms with Crippen LogP contribution in [0.15, 0.2) is 24.3 Å². The Hall–Kier alpha value is -1.54. The molecule has 7 nitrogen and oxygen atoms in total. The molecule has 1 saturated heterocycles. The first kappa shape index (κ1) is 21.2. The second kappa shape index (κ2) is 9.78. The molecule has 10 heteroatoms. The van der Waals surface area contributed by atoms with Gasteiger partial charge in [0.05, 0.1) is 12.8 Å². The topological polar surface area (TPSA) is 75.2 Å². The lowest BCUT2D eigenvalue weighted by atomic mass is 10.3. The maximum atomic E-state index is 6.00. The van der Waals surface area contributed by atoms with Crippen LogP contribution in [0, 0.1) is 0 Å². The van der Waals surface area contributed by atoms with E-state index in [-0.39, 0.29) is 11.8 Å². The van der Waals surface area contributed by atoms with E-state index in [1.807, 2.05) is 24.3 Å². The van der Waals surface area contributed by atoms with Crippen LogP contribution in [0.2, 0.25) is 0 Å². The van der Waals surface area contributed by atoms with Crippen molar-refractivity contribution in [1.29, 1.82) is 0 Å². The molecule has 1 aliphatic heterocycles.